The van der Waals surface area contributed by atoms with Crippen molar-refractivity contribution in [2.45, 2.75) is 56.1 Å². The van der Waals surface area contributed by atoms with Crippen molar-refractivity contribution in [3.8, 4) is 11.1 Å². The number of rotatable bonds is 8. The molecule has 1 saturated carbocycles. The van der Waals surface area contributed by atoms with Crippen LogP contribution in [-0.2, 0) is 21.4 Å². The molecule has 36 heavy (non-hydrogen) atoms. The Morgan fingerprint density at radius 1 is 0.917 bits per heavy atom. The number of carbonyl (C=O) groups is 1. The summed E-state index contributed by atoms with van der Waals surface area (Å²) in [5.74, 6) is -0.534. The predicted octanol–water partition coefficient (Wildman–Crippen LogP) is 4.67. The van der Waals surface area contributed by atoms with E-state index in [1.807, 2.05) is 31.2 Å². The van der Waals surface area contributed by atoms with Crippen LogP contribution >= 0.6 is 0 Å². The highest BCUT2D eigenvalue weighted by Gasteiger charge is 2.29. The first-order valence-electron chi connectivity index (χ1n) is 12.2. The zero-order valence-electron chi connectivity index (χ0n) is 20.3. The lowest BCUT2D eigenvalue weighted by Crippen LogP contribution is -2.41. The summed E-state index contributed by atoms with van der Waals surface area (Å²) < 4.78 is 41.8. The van der Waals surface area contributed by atoms with E-state index in [1.54, 1.807) is 36.4 Å². The Morgan fingerprint density at radius 2 is 1.47 bits per heavy atom. The van der Waals surface area contributed by atoms with Crippen LogP contribution in [-0.4, -0.2) is 20.4 Å². The third-order valence-electron chi connectivity index (χ3n) is 6.84. The van der Waals surface area contributed by atoms with E-state index in [4.69, 9.17) is 5.73 Å². The Hall–Kier alpha value is -3.07. The summed E-state index contributed by atoms with van der Waals surface area (Å²) in [5.41, 5.74) is 9.45. The Bertz CT molecular complexity index is 1270. The highest BCUT2D eigenvalue weighted by molar-refractivity contribution is 7.89. The van der Waals surface area contributed by atoms with Gasteiger partial charge in [0.25, 0.3) is 0 Å². The van der Waals surface area contributed by atoms with Gasteiger partial charge in [0.1, 0.15) is 5.82 Å². The molecule has 190 valence electrons. The smallest absolute Gasteiger partial charge is 0.240 e. The van der Waals surface area contributed by atoms with Gasteiger partial charge in [0.05, 0.1) is 10.9 Å². The summed E-state index contributed by atoms with van der Waals surface area (Å²) in [6.07, 6.45) is 2.39. The number of amides is 1. The number of nitrogens with two attached hydrogens (primary N) is 1. The average Bonchev–Trinajstić information content (AvgIpc) is 2.89. The molecule has 1 aliphatic carbocycles. The number of benzene rings is 3. The number of sulfonamides is 1. The van der Waals surface area contributed by atoms with E-state index >= 15 is 0 Å². The van der Waals surface area contributed by atoms with Crippen molar-refractivity contribution in [3.63, 3.8) is 0 Å². The first kappa shape index (κ1) is 26.0. The molecule has 1 aliphatic rings. The normalized spacial score (nSPS) is 19.0. The van der Waals surface area contributed by atoms with Crippen LogP contribution in [0, 0.1) is 11.7 Å². The van der Waals surface area contributed by atoms with Gasteiger partial charge in [0, 0.05) is 18.5 Å². The molecule has 0 radical (unpaired) electrons. The monoisotopic (exact) mass is 509 g/mol. The molecule has 3 aromatic rings. The van der Waals surface area contributed by atoms with E-state index in [0.717, 1.165) is 22.3 Å². The third kappa shape index (κ3) is 6.37. The molecule has 1 atom stereocenters. The van der Waals surface area contributed by atoms with Gasteiger partial charge in [-0.2, -0.15) is 0 Å². The van der Waals surface area contributed by atoms with Crippen molar-refractivity contribution in [1.29, 1.82) is 0 Å². The quantitative estimate of drug-likeness (QED) is 0.411. The summed E-state index contributed by atoms with van der Waals surface area (Å²) in [6, 6.07) is 20.3. The van der Waals surface area contributed by atoms with Crippen molar-refractivity contribution < 1.29 is 17.6 Å². The average molecular weight is 510 g/mol. The van der Waals surface area contributed by atoms with Crippen LogP contribution in [0.3, 0.4) is 0 Å². The molecular formula is C28H32FN3O3S. The Kier molecular flexibility index (Phi) is 8.18. The fourth-order valence-electron chi connectivity index (χ4n) is 4.59. The molecule has 0 aliphatic heterocycles. The van der Waals surface area contributed by atoms with Crippen molar-refractivity contribution >= 4 is 15.9 Å². The summed E-state index contributed by atoms with van der Waals surface area (Å²) in [6.45, 7) is 2.34. The summed E-state index contributed by atoms with van der Waals surface area (Å²) in [7, 11) is -3.66. The van der Waals surface area contributed by atoms with Crippen molar-refractivity contribution in [2.75, 3.05) is 0 Å². The molecule has 0 saturated heterocycles. The second-order valence-corrected chi connectivity index (χ2v) is 11.1. The van der Waals surface area contributed by atoms with E-state index in [2.05, 4.69) is 10.0 Å². The summed E-state index contributed by atoms with van der Waals surface area (Å²) >= 11 is 0. The van der Waals surface area contributed by atoms with Crippen LogP contribution in [0.25, 0.3) is 11.1 Å². The lowest BCUT2D eigenvalue weighted by molar-refractivity contribution is -0.126. The lowest BCUT2D eigenvalue weighted by Gasteiger charge is -2.29. The minimum atomic E-state index is -3.66. The van der Waals surface area contributed by atoms with E-state index in [-0.39, 0.29) is 34.6 Å². The molecule has 1 amide bonds. The fraction of sp³-hybridized carbons (Fsp3) is 0.321. The molecule has 8 heteroatoms. The molecule has 4 N–H and O–H groups in total. The van der Waals surface area contributed by atoms with E-state index in [0.29, 0.717) is 32.2 Å². The Balaban J connectivity index is 1.30. The van der Waals surface area contributed by atoms with Gasteiger partial charge in [-0.1, -0.05) is 48.5 Å². The molecule has 0 aromatic heterocycles. The van der Waals surface area contributed by atoms with E-state index in [1.165, 1.54) is 12.1 Å². The van der Waals surface area contributed by atoms with Crippen LogP contribution in [0.1, 0.15) is 49.8 Å². The Morgan fingerprint density at radius 3 is 2.03 bits per heavy atom. The molecule has 0 unspecified atom stereocenters. The number of hydrogen-bond donors (Lipinski definition) is 3. The molecule has 6 nitrogen and oxygen atoms in total. The van der Waals surface area contributed by atoms with Crippen LogP contribution in [0.2, 0.25) is 0 Å². The van der Waals surface area contributed by atoms with Gasteiger partial charge in [-0.15, -0.1) is 0 Å². The van der Waals surface area contributed by atoms with Crippen LogP contribution in [0.15, 0.2) is 77.7 Å². The minimum Gasteiger partial charge on any atom is -0.349 e. The molecular weight excluding hydrogens is 477 g/mol. The predicted molar refractivity (Wildman–Crippen MR) is 139 cm³/mol. The number of halogens is 1. The molecule has 3 aromatic carbocycles. The highest BCUT2D eigenvalue weighted by atomic mass is 32.2. The van der Waals surface area contributed by atoms with E-state index in [9.17, 15) is 17.6 Å². The summed E-state index contributed by atoms with van der Waals surface area (Å²) in [4.78, 5) is 12.9. The van der Waals surface area contributed by atoms with Gasteiger partial charge in [-0.3, -0.25) is 4.79 Å². The van der Waals surface area contributed by atoms with Crippen molar-refractivity contribution in [1.82, 2.24) is 10.0 Å². The maximum absolute atomic E-state index is 13.1. The van der Waals surface area contributed by atoms with Gasteiger partial charge < -0.3 is 11.1 Å². The third-order valence-corrected chi connectivity index (χ3v) is 8.37. The van der Waals surface area contributed by atoms with E-state index < -0.39 is 10.0 Å². The molecule has 0 heterocycles. The van der Waals surface area contributed by atoms with Gasteiger partial charge in [-0.05, 0) is 79.1 Å². The topological polar surface area (TPSA) is 101 Å². The van der Waals surface area contributed by atoms with Gasteiger partial charge in [0.15, 0.2) is 0 Å². The molecule has 0 spiro atoms. The first-order chi connectivity index (χ1) is 17.2. The maximum atomic E-state index is 13.1. The SMILES string of the molecule is C[C@@H](NC(=O)C1CCC(NS(=O)(=O)c2ccc(-c3ccc(CN)cc3)cc2)CC1)c1ccc(F)cc1. The number of hydrogen-bond acceptors (Lipinski definition) is 4. The fourth-order valence-corrected chi connectivity index (χ4v) is 5.89. The molecule has 0 bridgehead atoms. The molecule has 1 fully saturated rings. The number of nitrogens with one attached hydrogen (secondary N) is 2. The minimum absolute atomic E-state index is 0.0526. The highest BCUT2D eigenvalue weighted by Crippen LogP contribution is 2.27. The first-order valence-corrected chi connectivity index (χ1v) is 13.7. The van der Waals surface area contributed by atoms with Gasteiger partial charge >= 0.3 is 0 Å². The zero-order valence-corrected chi connectivity index (χ0v) is 21.1. The summed E-state index contributed by atoms with van der Waals surface area (Å²) in [5, 5.41) is 2.99. The second-order valence-electron chi connectivity index (χ2n) is 9.38. The van der Waals surface area contributed by atoms with Crippen molar-refractivity contribution in [2.24, 2.45) is 11.7 Å². The van der Waals surface area contributed by atoms with Crippen LogP contribution < -0.4 is 15.8 Å². The van der Waals surface area contributed by atoms with Gasteiger partial charge in [-0.25, -0.2) is 17.5 Å². The van der Waals surface area contributed by atoms with Crippen LogP contribution in [0.5, 0.6) is 0 Å². The maximum Gasteiger partial charge on any atom is 0.240 e. The largest absolute Gasteiger partial charge is 0.349 e. The van der Waals surface area contributed by atoms with Gasteiger partial charge in [0.2, 0.25) is 15.9 Å². The zero-order chi connectivity index (χ0) is 25.7. The Labute approximate surface area is 212 Å². The second kappa shape index (κ2) is 11.3. The van der Waals surface area contributed by atoms with Crippen molar-refractivity contribution in [3.05, 3.63) is 89.7 Å². The molecule has 4 rings (SSSR count). The van der Waals surface area contributed by atoms with Crippen LogP contribution in [0.4, 0.5) is 4.39 Å². The lowest BCUT2D eigenvalue weighted by atomic mass is 9.85. The number of carbonyl (C=O) groups excluding carboxylic acids is 1. The standard InChI is InChI=1S/C28H32FN3O3S/c1-19(21-6-12-25(29)13-7-21)31-28(33)24-8-14-26(15-9-24)32-36(34,35)27-16-10-23(11-17-27)22-4-2-20(18-30)3-5-22/h2-7,10-13,16-17,19,24,26,32H,8-9,14-15,18,30H2,1H3,(H,31,33)/t19-,24?,26?/m1/s1.